The summed E-state index contributed by atoms with van der Waals surface area (Å²) in [5, 5.41) is 4.00. The molecule has 4 fully saturated rings. The summed E-state index contributed by atoms with van der Waals surface area (Å²) >= 11 is 0. The van der Waals surface area contributed by atoms with Crippen molar-refractivity contribution < 1.29 is 18.8 Å². The predicted molar refractivity (Wildman–Crippen MR) is 101 cm³/mol. The van der Waals surface area contributed by atoms with Crippen molar-refractivity contribution in [3.63, 3.8) is 0 Å². The Kier molecular flexibility index (Phi) is 4.37. The third-order valence-corrected chi connectivity index (χ3v) is 6.86. The van der Waals surface area contributed by atoms with E-state index in [-0.39, 0.29) is 18.0 Å². The zero-order valence-electron chi connectivity index (χ0n) is 16.2. The third-order valence-electron chi connectivity index (χ3n) is 6.86. The Morgan fingerprint density at radius 2 is 1.82 bits per heavy atom. The average molecular weight is 382 g/mol. The molecule has 0 unspecified atom stereocenters. The SMILES string of the molecule is COc1ccccc1-c1noc(COC(=O)CC23CC4CC(CC(C4)C2)C3)n1. The van der Waals surface area contributed by atoms with E-state index >= 15 is 0 Å². The molecule has 2 aromatic rings. The van der Waals surface area contributed by atoms with Gasteiger partial charge < -0.3 is 14.0 Å². The van der Waals surface area contributed by atoms with Gasteiger partial charge in [-0.3, -0.25) is 4.79 Å². The van der Waals surface area contributed by atoms with Crippen LogP contribution in [0.3, 0.4) is 0 Å². The van der Waals surface area contributed by atoms with E-state index in [2.05, 4.69) is 10.1 Å². The Labute approximate surface area is 164 Å². The van der Waals surface area contributed by atoms with Crippen LogP contribution in [0.2, 0.25) is 0 Å². The number of rotatable bonds is 6. The molecule has 0 amide bonds. The van der Waals surface area contributed by atoms with Crippen LogP contribution in [-0.2, 0) is 16.1 Å². The summed E-state index contributed by atoms with van der Waals surface area (Å²) in [6.45, 7) is 0.0212. The van der Waals surface area contributed by atoms with Gasteiger partial charge in [0.2, 0.25) is 5.82 Å². The Hall–Kier alpha value is -2.37. The number of hydrogen-bond donors (Lipinski definition) is 0. The van der Waals surface area contributed by atoms with Gasteiger partial charge in [0.05, 0.1) is 19.1 Å². The van der Waals surface area contributed by atoms with Crippen LogP contribution in [-0.4, -0.2) is 23.2 Å². The Balaban J connectivity index is 1.20. The zero-order chi connectivity index (χ0) is 19.1. The van der Waals surface area contributed by atoms with E-state index in [9.17, 15) is 4.79 Å². The molecule has 6 heteroatoms. The summed E-state index contributed by atoms with van der Waals surface area (Å²) in [5.41, 5.74) is 0.934. The number of hydrogen-bond acceptors (Lipinski definition) is 6. The molecule has 0 saturated heterocycles. The van der Waals surface area contributed by atoms with Gasteiger partial charge in [-0.25, -0.2) is 0 Å². The molecule has 4 saturated carbocycles. The molecule has 1 aromatic carbocycles. The van der Waals surface area contributed by atoms with Crippen molar-refractivity contribution in [2.75, 3.05) is 7.11 Å². The van der Waals surface area contributed by atoms with Crippen LogP contribution in [0, 0.1) is 23.2 Å². The van der Waals surface area contributed by atoms with Gasteiger partial charge in [0, 0.05) is 0 Å². The number of benzene rings is 1. The molecular formula is C22H26N2O4. The highest BCUT2D eigenvalue weighted by molar-refractivity contribution is 5.70. The molecule has 0 aliphatic heterocycles. The first-order valence-corrected chi connectivity index (χ1v) is 10.2. The average Bonchev–Trinajstić information content (AvgIpc) is 3.14. The van der Waals surface area contributed by atoms with Crippen LogP contribution in [0.1, 0.15) is 50.8 Å². The van der Waals surface area contributed by atoms with Gasteiger partial charge in [0.15, 0.2) is 6.61 Å². The largest absolute Gasteiger partial charge is 0.496 e. The van der Waals surface area contributed by atoms with Crippen LogP contribution in [0.15, 0.2) is 28.8 Å². The standard InChI is InChI=1S/C22H26N2O4/c1-26-18-5-3-2-4-17(18)21-23-19(28-24-21)13-27-20(25)12-22-9-14-6-15(10-22)8-16(7-14)11-22/h2-5,14-16H,6-13H2,1H3. The second-order valence-electron chi connectivity index (χ2n) is 8.97. The van der Waals surface area contributed by atoms with E-state index in [4.69, 9.17) is 14.0 Å². The summed E-state index contributed by atoms with van der Waals surface area (Å²) in [6, 6.07) is 7.48. The molecule has 4 aliphatic rings. The summed E-state index contributed by atoms with van der Waals surface area (Å²) < 4.78 is 16.1. The highest BCUT2D eigenvalue weighted by Gasteiger charge is 2.51. The van der Waals surface area contributed by atoms with Gasteiger partial charge in [0.1, 0.15) is 5.75 Å². The number of nitrogens with zero attached hydrogens (tertiary/aromatic N) is 2. The van der Waals surface area contributed by atoms with E-state index in [1.54, 1.807) is 7.11 Å². The van der Waals surface area contributed by atoms with Crippen LogP contribution in [0.25, 0.3) is 11.4 Å². The Bertz CT molecular complexity index is 840. The van der Waals surface area contributed by atoms with Crippen molar-refractivity contribution in [3.8, 4) is 17.1 Å². The molecule has 1 aromatic heterocycles. The van der Waals surface area contributed by atoms with E-state index in [0.717, 1.165) is 23.3 Å². The molecule has 0 atom stereocenters. The lowest BCUT2D eigenvalue weighted by Gasteiger charge is -2.56. The first-order valence-electron chi connectivity index (χ1n) is 10.2. The molecule has 4 aliphatic carbocycles. The van der Waals surface area contributed by atoms with E-state index in [1.165, 1.54) is 38.5 Å². The van der Waals surface area contributed by atoms with Gasteiger partial charge in [-0.15, -0.1) is 0 Å². The predicted octanol–water partition coefficient (Wildman–Crippen LogP) is 4.39. The topological polar surface area (TPSA) is 74.5 Å². The fourth-order valence-electron chi connectivity index (χ4n) is 6.26. The number of carbonyl (C=O) groups is 1. The molecule has 0 radical (unpaired) electrons. The minimum atomic E-state index is -0.140. The lowest BCUT2D eigenvalue weighted by molar-refractivity contribution is -0.154. The highest BCUT2D eigenvalue weighted by atomic mass is 16.6. The normalized spacial score (nSPS) is 30.4. The van der Waals surface area contributed by atoms with Crippen LogP contribution < -0.4 is 4.74 Å². The second kappa shape index (κ2) is 6.90. The van der Waals surface area contributed by atoms with Gasteiger partial charge in [0.25, 0.3) is 5.89 Å². The minimum Gasteiger partial charge on any atom is -0.496 e. The van der Waals surface area contributed by atoms with Crippen molar-refractivity contribution in [1.29, 1.82) is 0 Å². The summed E-state index contributed by atoms with van der Waals surface area (Å²) in [4.78, 5) is 16.9. The molecular weight excluding hydrogens is 356 g/mol. The van der Waals surface area contributed by atoms with Crippen molar-refractivity contribution in [2.45, 2.75) is 51.6 Å². The molecule has 0 spiro atoms. The quantitative estimate of drug-likeness (QED) is 0.690. The Morgan fingerprint density at radius 3 is 2.50 bits per heavy atom. The maximum absolute atomic E-state index is 12.5. The maximum Gasteiger partial charge on any atom is 0.306 e. The minimum absolute atomic E-state index is 0.0212. The first kappa shape index (κ1) is 17.7. The number of ether oxygens (including phenoxy) is 2. The fraction of sp³-hybridized carbons (Fsp3) is 0.591. The number of carbonyl (C=O) groups excluding carboxylic acids is 1. The first-order chi connectivity index (χ1) is 13.6. The smallest absolute Gasteiger partial charge is 0.306 e. The summed E-state index contributed by atoms with van der Waals surface area (Å²) in [6.07, 6.45) is 8.27. The Morgan fingerprint density at radius 1 is 1.14 bits per heavy atom. The summed E-state index contributed by atoms with van der Waals surface area (Å²) in [5.74, 6) is 3.77. The molecule has 6 nitrogen and oxygen atoms in total. The van der Waals surface area contributed by atoms with Crippen molar-refractivity contribution >= 4 is 5.97 Å². The number of aromatic nitrogens is 2. The van der Waals surface area contributed by atoms with Gasteiger partial charge in [-0.1, -0.05) is 17.3 Å². The van der Waals surface area contributed by atoms with Crippen LogP contribution in [0.4, 0.5) is 0 Å². The third kappa shape index (κ3) is 3.29. The molecule has 6 rings (SSSR count). The van der Waals surface area contributed by atoms with Crippen molar-refractivity contribution in [2.24, 2.45) is 23.2 Å². The number of para-hydroxylation sites is 1. The lowest BCUT2D eigenvalue weighted by Crippen LogP contribution is -2.47. The fourth-order valence-corrected chi connectivity index (χ4v) is 6.26. The van der Waals surface area contributed by atoms with Crippen molar-refractivity contribution in [3.05, 3.63) is 30.2 Å². The zero-order valence-corrected chi connectivity index (χ0v) is 16.2. The summed E-state index contributed by atoms with van der Waals surface area (Å²) in [7, 11) is 1.60. The van der Waals surface area contributed by atoms with Gasteiger partial charge >= 0.3 is 5.97 Å². The van der Waals surface area contributed by atoms with E-state index in [1.807, 2.05) is 24.3 Å². The second-order valence-corrected chi connectivity index (χ2v) is 8.97. The van der Waals surface area contributed by atoms with Crippen LogP contribution >= 0.6 is 0 Å². The number of esters is 1. The van der Waals surface area contributed by atoms with Gasteiger partial charge in [-0.2, -0.15) is 4.98 Å². The number of methoxy groups -OCH3 is 1. The van der Waals surface area contributed by atoms with E-state index in [0.29, 0.717) is 23.9 Å². The maximum atomic E-state index is 12.5. The lowest BCUT2D eigenvalue weighted by atomic mass is 9.49. The molecule has 0 N–H and O–H groups in total. The van der Waals surface area contributed by atoms with Crippen molar-refractivity contribution in [1.82, 2.24) is 10.1 Å². The molecule has 28 heavy (non-hydrogen) atoms. The highest BCUT2D eigenvalue weighted by Crippen LogP contribution is 2.61. The van der Waals surface area contributed by atoms with E-state index < -0.39 is 0 Å². The molecule has 1 heterocycles. The monoisotopic (exact) mass is 382 g/mol. The van der Waals surface area contributed by atoms with Crippen LogP contribution in [0.5, 0.6) is 5.75 Å². The van der Waals surface area contributed by atoms with Gasteiger partial charge in [-0.05, 0) is 73.8 Å². The molecule has 4 bridgehead atoms. The molecule has 148 valence electrons.